The SMILES string of the molecule is CCCCCCC1=CC=Cc2ccccc2[Te]1. The molecule has 0 spiro atoms. The standard InChI is InChI=1S/C16H20Te/c1-2-3-4-5-11-15-12-8-10-14-9-6-7-13-16(14)17-15/h6-10,12-13H,2-5,11H2,1H3. The number of hydrogen-bond acceptors (Lipinski definition) is 0. The fourth-order valence-electron chi connectivity index (χ4n) is 2.01. The summed E-state index contributed by atoms with van der Waals surface area (Å²) in [6, 6.07) is 8.87. The summed E-state index contributed by atoms with van der Waals surface area (Å²) in [5, 5.41) is 0. The van der Waals surface area contributed by atoms with Crippen LogP contribution in [0.5, 0.6) is 0 Å². The number of allylic oxidation sites excluding steroid dienone is 3. The molecule has 0 saturated heterocycles. The van der Waals surface area contributed by atoms with Gasteiger partial charge in [-0.1, -0.05) is 0 Å². The minimum absolute atomic E-state index is 0.114. The first-order chi connectivity index (χ1) is 8.40. The number of benzene rings is 1. The fraction of sp³-hybridized carbons (Fsp3) is 0.375. The van der Waals surface area contributed by atoms with Crippen LogP contribution in [0, 0.1) is 0 Å². The van der Waals surface area contributed by atoms with Crippen LogP contribution in [-0.4, -0.2) is 20.9 Å². The molecule has 1 heteroatoms. The molecule has 17 heavy (non-hydrogen) atoms. The van der Waals surface area contributed by atoms with Gasteiger partial charge in [-0.3, -0.25) is 0 Å². The van der Waals surface area contributed by atoms with Gasteiger partial charge in [0.2, 0.25) is 0 Å². The topological polar surface area (TPSA) is 0 Å². The van der Waals surface area contributed by atoms with E-state index in [0.717, 1.165) is 0 Å². The van der Waals surface area contributed by atoms with Crippen molar-refractivity contribution >= 4 is 30.6 Å². The third kappa shape index (κ3) is 4.02. The van der Waals surface area contributed by atoms with Crippen molar-refractivity contribution in [2.45, 2.75) is 39.0 Å². The van der Waals surface area contributed by atoms with E-state index in [4.69, 9.17) is 0 Å². The summed E-state index contributed by atoms with van der Waals surface area (Å²) in [7, 11) is 0. The molecule has 0 unspecified atom stereocenters. The van der Waals surface area contributed by atoms with Crippen LogP contribution in [0.4, 0.5) is 0 Å². The minimum atomic E-state index is -0.114. The van der Waals surface area contributed by atoms with E-state index in [1.54, 1.807) is 7.23 Å². The van der Waals surface area contributed by atoms with Crippen LogP contribution < -0.4 is 3.61 Å². The zero-order valence-corrected chi connectivity index (χ0v) is 12.8. The van der Waals surface area contributed by atoms with Gasteiger partial charge in [-0.25, -0.2) is 0 Å². The Balaban J connectivity index is 1.94. The zero-order valence-electron chi connectivity index (χ0n) is 10.5. The second kappa shape index (κ2) is 7.04. The average Bonchev–Trinajstić information content (AvgIpc) is 2.56. The van der Waals surface area contributed by atoms with Gasteiger partial charge in [0.15, 0.2) is 0 Å². The maximum absolute atomic E-state index is 2.37. The molecule has 0 radical (unpaired) electrons. The van der Waals surface area contributed by atoms with Crippen molar-refractivity contribution in [1.82, 2.24) is 0 Å². The second-order valence-electron chi connectivity index (χ2n) is 4.44. The molecule has 0 fully saturated rings. The van der Waals surface area contributed by atoms with E-state index >= 15 is 0 Å². The summed E-state index contributed by atoms with van der Waals surface area (Å²) >= 11 is -0.114. The Morgan fingerprint density at radius 1 is 1.06 bits per heavy atom. The summed E-state index contributed by atoms with van der Waals surface area (Å²) in [5.74, 6) is 0. The van der Waals surface area contributed by atoms with Gasteiger partial charge in [-0.15, -0.1) is 0 Å². The zero-order chi connectivity index (χ0) is 11.9. The van der Waals surface area contributed by atoms with Crippen molar-refractivity contribution in [1.29, 1.82) is 0 Å². The van der Waals surface area contributed by atoms with E-state index in [2.05, 4.69) is 49.4 Å². The van der Waals surface area contributed by atoms with Gasteiger partial charge in [0.25, 0.3) is 0 Å². The predicted molar refractivity (Wildman–Crippen MR) is 77.7 cm³/mol. The fourth-order valence-corrected chi connectivity index (χ4v) is 5.08. The van der Waals surface area contributed by atoms with Crippen molar-refractivity contribution in [2.24, 2.45) is 0 Å². The summed E-state index contributed by atoms with van der Waals surface area (Å²) in [5.41, 5.74) is 1.44. The second-order valence-corrected chi connectivity index (χ2v) is 7.78. The summed E-state index contributed by atoms with van der Waals surface area (Å²) in [6.45, 7) is 2.28. The van der Waals surface area contributed by atoms with Crippen molar-refractivity contribution in [3.63, 3.8) is 0 Å². The normalized spacial score (nSPS) is 14.1. The van der Waals surface area contributed by atoms with Crippen LogP contribution in [0.15, 0.2) is 40.0 Å². The Morgan fingerprint density at radius 3 is 2.82 bits per heavy atom. The first kappa shape index (κ1) is 12.9. The molecule has 90 valence electrons. The van der Waals surface area contributed by atoms with Crippen LogP contribution in [0.2, 0.25) is 0 Å². The molecule has 0 bridgehead atoms. The Morgan fingerprint density at radius 2 is 1.94 bits per heavy atom. The quantitative estimate of drug-likeness (QED) is 0.564. The molecule has 0 N–H and O–H groups in total. The van der Waals surface area contributed by atoms with Crippen molar-refractivity contribution in [2.75, 3.05) is 0 Å². The number of unbranched alkanes of at least 4 members (excludes halogenated alkanes) is 3. The molecular formula is C16H20Te. The molecule has 1 aliphatic heterocycles. The predicted octanol–water partition coefficient (Wildman–Crippen LogP) is 3.90. The van der Waals surface area contributed by atoms with Crippen LogP contribution in [0.1, 0.15) is 44.6 Å². The Bertz CT molecular complexity index is 415. The van der Waals surface area contributed by atoms with Crippen LogP contribution in [0.25, 0.3) is 6.08 Å². The molecular weight excluding hydrogens is 320 g/mol. The molecule has 2 rings (SSSR count). The van der Waals surface area contributed by atoms with Crippen LogP contribution in [0.3, 0.4) is 0 Å². The molecule has 0 amide bonds. The third-order valence-electron chi connectivity index (χ3n) is 2.99. The van der Waals surface area contributed by atoms with Gasteiger partial charge in [0.05, 0.1) is 0 Å². The third-order valence-corrected chi connectivity index (χ3v) is 6.40. The van der Waals surface area contributed by atoms with Gasteiger partial charge < -0.3 is 0 Å². The van der Waals surface area contributed by atoms with Crippen molar-refractivity contribution < 1.29 is 0 Å². The molecule has 0 saturated carbocycles. The summed E-state index contributed by atoms with van der Waals surface area (Å²) in [4.78, 5) is 0. The maximum atomic E-state index is 2.37. The van der Waals surface area contributed by atoms with E-state index in [1.165, 1.54) is 37.7 Å². The van der Waals surface area contributed by atoms with E-state index in [1.807, 2.05) is 0 Å². The first-order valence-electron chi connectivity index (χ1n) is 6.54. The molecule has 0 nitrogen and oxygen atoms in total. The van der Waals surface area contributed by atoms with E-state index in [-0.39, 0.29) is 20.9 Å². The number of fused-ring (bicyclic) bond motifs is 1. The molecule has 1 aliphatic rings. The Hall–Kier alpha value is -0.510. The Kier molecular flexibility index (Phi) is 5.36. The van der Waals surface area contributed by atoms with Crippen LogP contribution in [-0.2, 0) is 0 Å². The molecule has 1 aromatic carbocycles. The van der Waals surface area contributed by atoms with Gasteiger partial charge in [-0.05, 0) is 0 Å². The Labute approximate surface area is 115 Å². The molecule has 0 aromatic heterocycles. The van der Waals surface area contributed by atoms with Crippen LogP contribution >= 0.6 is 0 Å². The van der Waals surface area contributed by atoms with Crippen molar-refractivity contribution in [3.8, 4) is 0 Å². The van der Waals surface area contributed by atoms with Gasteiger partial charge in [-0.2, -0.15) is 0 Å². The monoisotopic (exact) mass is 342 g/mol. The van der Waals surface area contributed by atoms with Crippen molar-refractivity contribution in [3.05, 3.63) is 45.6 Å². The van der Waals surface area contributed by atoms with Gasteiger partial charge in [0.1, 0.15) is 0 Å². The summed E-state index contributed by atoms with van der Waals surface area (Å²) in [6.07, 6.45) is 13.7. The van der Waals surface area contributed by atoms with Gasteiger partial charge in [0, 0.05) is 0 Å². The average molecular weight is 340 g/mol. The van der Waals surface area contributed by atoms with Gasteiger partial charge >= 0.3 is 115 Å². The number of hydrogen-bond donors (Lipinski definition) is 0. The first-order valence-corrected chi connectivity index (χ1v) is 8.87. The molecule has 1 heterocycles. The van der Waals surface area contributed by atoms with E-state index < -0.39 is 0 Å². The molecule has 0 aliphatic carbocycles. The summed E-state index contributed by atoms with van der Waals surface area (Å²) < 4.78 is 3.32. The molecule has 0 atom stereocenters. The molecule has 1 aromatic rings. The number of rotatable bonds is 5. The van der Waals surface area contributed by atoms with E-state index in [0.29, 0.717) is 0 Å². The van der Waals surface area contributed by atoms with E-state index in [9.17, 15) is 0 Å².